The van der Waals surface area contributed by atoms with Crippen LogP contribution < -0.4 is 47.9 Å². The summed E-state index contributed by atoms with van der Waals surface area (Å²) in [6, 6.07) is 3.45. The van der Waals surface area contributed by atoms with Crippen LogP contribution in [-0.2, 0) is 130 Å². The highest BCUT2D eigenvalue weighted by molar-refractivity contribution is 5.90. The molecule has 121 heavy (non-hydrogen) atoms. The van der Waals surface area contributed by atoms with Crippen LogP contribution in [0.25, 0.3) is 0 Å². The number of unbranched alkanes of at least 4 members (excludes halogenated alkanes) is 3. The van der Waals surface area contributed by atoms with Gasteiger partial charge in [0.05, 0.1) is 159 Å². The number of aliphatic hydroxyl groups excluding tert-OH is 9. The van der Waals surface area contributed by atoms with Crippen LogP contribution in [0.5, 0.6) is 0 Å². The van der Waals surface area contributed by atoms with Crippen molar-refractivity contribution in [2.45, 2.75) is 208 Å². The first-order chi connectivity index (χ1) is 58.4. The molecule has 0 spiro atoms. The SMILES string of the molecule is CC(=O)N[C@H]1[C@H](OCCOCCOCCOCCNC(=O)CCC(NC(=O)CCC(NC(=O)CCCC(=O)NCCCCCCC(=O)OCc2ccccc2)C(=O)NCCOCCOCCOCCO[C@@H]2O[C@H](CO)[C@H](O)[C@H](O)[C@H]2NC(C)=O)C(=O)NCCOCCOCCOCCO[C@@H]2O[C@H](CO)[C@H](O)[C@H](O)[C@H]2NC(C)=O)O[C@H](CO)[C@H](O)[C@@H]1O. The molecular formula is C77H131N9O35. The largest absolute Gasteiger partial charge is 0.461 e. The molecule has 3 aliphatic heterocycles. The van der Waals surface area contributed by atoms with Crippen LogP contribution in [0, 0.1) is 0 Å². The standard InChI is InChI=1S/C77H131N9O35/c1-50(90)82-64-70(101)67(98)56(46-87)119-75(64)115-43-40-112-37-34-109-31-28-106-25-22-79-60(94)19-17-54(73(104)80-23-26-107-29-32-110-35-38-113-41-44-116-76-65(83-51(2)91)71(102)68(99)57(47-88)120-76)86-62(96)20-18-55(85-61(95)15-11-14-59(93)78-21-10-5-4-9-16-63(97)118-49-53-12-7-6-8-13-53)74(105)81-24-27-108-30-33-111-36-39-114-42-45-117-77-66(84-52(3)92)72(103)69(100)58(48-89)121-77/h6-8,12-13,54-58,64-72,75-77,87-89,98-103H,4-5,9-11,14-49H2,1-3H3,(H,78,93)(H,79,94)(H,80,104)(H,81,105)(H,82,90)(H,83,91)(H,84,92)(H,85,95)(H,86,96)/t54?,55?,56-,57-,58-,64-,65-,66-,67+,68+,69+,70-,71-,72-,75-,76-,77-/m1/s1. The fraction of sp³-hybridized carbons (Fsp3) is 0.792. The van der Waals surface area contributed by atoms with Crippen LogP contribution in [0.2, 0.25) is 0 Å². The molecular weight excluding hydrogens is 1610 g/mol. The average Bonchev–Trinajstić information content (AvgIpc) is 0.818. The smallest absolute Gasteiger partial charge is 0.306 e. The van der Waals surface area contributed by atoms with E-state index in [-0.39, 0.29) is 222 Å². The summed E-state index contributed by atoms with van der Waals surface area (Å²) in [7, 11) is 0. The Kier molecular flexibility index (Phi) is 56.8. The highest BCUT2D eigenvalue weighted by atomic mass is 16.7. The van der Waals surface area contributed by atoms with E-state index in [0.29, 0.717) is 19.4 Å². The zero-order valence-corrected chi connectivity index (χ0v) is 69.3. The Morgan fingerprint density at radius 1 is 0.347 bits per heavy atom. The summed E-state index contributed by atoms with van der Waals surface area (Å²) in [5.41, 5.74) is 0.895. The number of esters is 1. The molecule has 0 radical (unpaired) electrons. The van der Waals surface area contributed by atoms with Gasteiger partial charge in [-0.15, -0.1) is 0 Å². The molecule has 44 heteroatoms. The summed E-state index contributed by atoms with van der Waals surface area (Å²) in [6.07, 6.45) is -13.8. The van der Waals surface area contributed by atoms with Crippen molar-refractivity contribution >= 4 is 59.1 Å². The van der Waals surface area contributed by atoms with Gasteiger partial charge < -0.3 is 170 Å². The van der Waals surface area contributed by atoms with E-state index < -0.39 is 178 Å². The Morgan fingerprint density at radius 2 is 0.661 bits per heavy atom. The Balaban J connectivity index is 1.25. The van der Waals surface area contributed by atoms with Crippen molar-refractivity contribution in [1.29, 1.82) is 0 Å². The van der Waals surface area contributed by atoms with Gasteiger partial charge in [-0.3, -0.25) is 47.9 Å². The molecule has 1 aromatic rings. The molecule has 17 atom stereocenters. The summed E-state index contributed by atoms with van der Waals surface area (Å²) >= 11 is 0. The van der Waals surface area contributed by atoms with E-state index in [2.05, 4.69) is 47.9 Å². The van der Waals surface area contributed by atoms with Gasteiger partial charge in [0.15, 0.2) is 18.9 Å². The van der Waals surface area contributed by atoms with Crippen LogP contribution in [0.4, 0.5) is 0 Å². The molecule has 694 valence electrons. The highest BCUT2D eigenvalue weighted by Gasteiger charge is 2.48. The first kappa shape index (κ1) is 106. The van der Waals surface area contributed by atoms with Gasteiger partial charge in [-0.1, -0.05) is 43.2 Å². The quantitative estimate of drug-likeness (QED) is 0.0213. The number of carbonyl (C=O) groups is 10. The predicted octanol–water partition coefficient (Wildman–Crippen LogP) is -7.12. The van der Waals surface area contributed by atoms with Crippen molar-refractivity contribution in [2.24, 2.45) is 0 Å². The Labute approximate surface area is 703 Å². The Bertz CT molecular complexity index is 3060. The van der Waals surface area contributed by atoms with Crippen LogP contribution in [0.3, 0.4) is 0 Å². The van der Waals surface area contributed by atoms with Gasteiger partial charge >= 0.3 is 5.97 Å². The molecule has 9 amide bonds. The van der Waals surface area contributed by atoms with Crippen LogP contribution >= 0.6 is 0 Å². The maximum absolute atomic E-state index is 13.8. The lowest BCUT2D eigenvalue weighted by molar-refractivity contribution is -0.272. The van der Waals surface area contributed by atoms with E-state index in [1.54, 1.807) is 0 Å². The summed E-state index contributed by atoms with van der Waals surface area (Å²) in [5.74, 6) is -5.23. The molecule has 3 aliphatic rings. The van der Waals surface area contributed by atoms with Gasteiger partial charge in [0.2, 0.25) is 53.2 Å². The molecule has 2 unspecified atom stereocenters. The number of hydrogen-bond acceptors (Lipinski definition) is 35. The van der Waals surface area contributed by atoms with E-state index in [1.807, 2.05) is 30.3 Å². The monoisotopic (exact) mass is 1740 g/mol. The van der Waals surface area contributed by atoms with Gasteiger partial charge in [0, 0.05) is 79.1 Å². The lowest BCUT2D eigenvalue weighted by Crippen LogP contribution is -2.64. The number of benzene rings is 1. The van der Waals surface area contributed by atoms with E-state index in [4.69, 9.17) is 75.8 Å². The minimum atomic E-state index is -1.47. The number of hydrogen-bond donors (Lipinski definition) is 18. The minimum absolute atomic E-state index is 0.00305. The summed E-state index contributed by atoms with van der Waals surface area (Å²) in [5, 5.41) is 114. The first-order valence-corrected chi connectivity index (χ1v) is 41.0. The van der Waals surface area contributed by atoms with Gasteiger partial charge in [-0.05, 0) is 37.7 Å². The number of ether oxygens (including phenoxy) is 16. The number of amides is 9. The third-order valence-electron chi connectivity index (χ3n) is 18.5. The predicted molar refractivity (Wildman–Crippen MR) is 419 cm³/mol. The van der Waals surface area contributed by atoms with Crippen LogP contribution in [-0.4, -0.2) is 394 Å². The molecule has 1 aromatic carbocycles. The van der Waals surface area contributed by atoms with Gasteiger partial charge in [-0.25, -0.2) is 0 Å². The fourth-order valence-electron chi connectivity index (χ4n) is 12.1. The van der Waals surface area contributed by atoms with E-state index in [1.165, 1.54) is 20.8 Å². The van der Waals surface area contributed by atoms with Crippen molar-refractivity contribution in [3.8, 4) is 0 Å². The molecule has 4 rings (SSSR count). The van der Waals surface area contributed by atoms with Crippen molar-refractivity contribution in [3.63, 3.8) is 0 Å². The molecule has 44 nitrogen and oxygen atoms in total. The highest BCUT2D eigenvalue weighted by Crippen LogP contribution is 2.25. The maximum atomic E-state index is 13.8. The second-order valence-corrected chi connectivity index (χ2v) is 28.2. The lowest BCUT2D eigenvalue weighted by Gasteiger charge is -2.42. The molecule has 0 bridgehead atoms. The third kappa shape index (κ3) is 46.0. The van der Waals surface area contributed by atoms with E-state index in [9.17, 15) is 93.9 Å². The number of aliphatic hydroxyl groups is 9. The first-order valence-electron chi connectivity index (χ1n) is 41.0. The van der Waals surface area contributed by atoms with Crippen molar-refractivity contribution < 1.29 is 170 Å². The number of rotatable bonds is 68. The van der Waals surface area contributed by atoms with Crippen molar-refractivity contribution in [2.75, 3.05) is 185 Å². The van der Waals surface area contributed by atoms with Crippen LogP contribution in [0.1, 0.15) is 103 Å². The molecule has 0 saturated carbocycles. The molecule has 3 heterocycles. The summed E-state index contributed by atoms with van der Waals surface area (Å²) in [6.45, 7) is 4.30. The van der Waals surface area contributed by atoms with E-state index in [0.717, 1.165) is 18.4 Å². The molecule has 18 N–H and O–H groups in total. The van der Waals surface area contributed by atoms with Crippen molar-refractivity contribution in [3.05, 3.63) is 35.9 Å². The lowest BCUT2D eigenvalue weighted by atomic mass is 9.97. The van der Waals surface area contributed by atoms with Gasteiger partial charge in [0.1, 0.15) is 91.8 Å². The maximum Gasteiger partial charge on any atom is 0.306 e. The second kappa shape index (κ2) is 64.7. The molecule has 3 saturated heterocycles. The topological polar surface area (TPSA) is 609 Å². The molecule has 0 aromatic heterocycles. The average molecular weight is 1740 g/mol. The Morgan fingerprint density at radius 3 is 1.03 bits per heavy atom. The van der Waals surface area contributed by atoms with Gasteiger partial charge in [-0.2, -0.15) is 0 Å². The second-order valence-electron chi connectivity index (χ2n) is 28.2. The third-order valence-corrected chi connectivity index (χ3v) is 18.5. The minimum Gasteiger partial charge on any atom is -0.461 e. The fourth-order valence-corrected chi connectivity index (χ4v) is 12.1. The number of nitrogens with one attached hydrogen (secondary N) is 9. The number of carbonyl (C=O) groups excluding carboxylic acids is 10. The summed E-state index contributed by atoms with van der Waals surface area (Å²) < 4.78 is 88.9. The Hall–Kier alpha value is -7.04. The zero-order valence-electron chi connectivity index (χ0n) is 69.3. The normalized spacial score (nSPS) is 23.2. The zero-order chi connectivity index (χ0) is 88.4. The van der Waals surface area contributed by atoms with Gasteiger partial charge in [0.25, 0.3) is 0 Å². The van der Waals surface area contributed by atoms with E-state index >= 15 is 0 Å². The molecule has 0 aliphatic carbocycles. The molecule has 3 fully saturated rings. The summed E-state index contributed by atoms with van der Waals surface area (Å²) in [4.78, 5) is 128. The van der Waals surface area contributed by atoms with Crippen LogP contribution in [0.15, 0.2) is 30.3 Å². The van der Waals surface area contributed by atoms with Crippen molar-refractivity contribution in [1.82, 2.24) is 47.9 Å².